The number of hydrogen-bond acceptors (Lipinski definition) is 4. The standard InChI is InChI=1S/C11H20N4O2/c1-2-9(3-6-16)14-11(17)10-7-15(5-4-12)8-13-10/h7-9,16H,2-6,12H2,1H3,(H,14,17). The van der Waals surface area contributed by atoms with Crippen molar-refractivity contribution < 1.29 is 9.90 Å². The number of nitrogens with zero attached hydrogens (tertiary/aromatic N) is 2. The van der Waals surface area contributed by atoms with Gasteiger partial charge in [0, 0.05) is 31.9 Å². The largest absolute Gasteiger partial charge is 0.396 e. The van der Waals surface area contributed by atoms with Crippen molar-refractivity contribution in [1.29, 1.82) is 0 Å². The topological polar surface area (TPSA) is 93.2 Å². The van der Waals surface area contributed by atoms with Gasteiger partial charge in [0.1, 0.15) is 5.69 Å². The summed E-state index contributed by atoms with van der Waals surface area (Å²) < 4.78 is 1.78. The lowest BCUT2D eigenvalue weighted by molar-refractivity contribution is 0.0924. The number of amides is 1. The summed E-state index contributed by atoms with van der Waals surface area (Å²) in [7, 11) is 0. The number of nitrogens with two attached hydrogens (primary N) is 1. The molecule has 0 aromatic carbocycles. The molecule has 0 saturated carbocycles. The van der Waals surface area contributed by atoms with Gasteiger partial charge in [0.05, 0.1) is 6.33 Å². The van der Waals surface area contributed by atoms with Crippen molar-refractivity contribution in [2.75, 3.05) is 13.2 Å². The molecule has 0 spiro atoms. The Morgan fingerprint density at radius 1 is 1.71 bits per heavy atom. The number of nitrogens with one attached hydrogen (secondary N) is 1. The number of hydrogen-bond donors (Lipinski definition) is 3. The van der Waals surface area contributed by atoms with Gasteiger partial charge in [0.15, 0.2) is 0 Å². The Morgan fingerprint density at radius 2 is 2.47 bits per heavy atom. The molecule has 17 heavy (non-hydrogen) atoms. The van der Waals surface area contributed by atoms with Crippen molar-refractivity contribution in [3.63, 3.8) is 0 Å². The molecule has 1 aromatic heterocycles. The summed E-state index contributed by atoms with van der Waals surface area (Å²) in [6.07, 6.45) is 4.62. The Morgan fingerprint density at radius 3 is 3.06 bits per heavy atom. The van der Waals surface area contributed by atoms with E-state index in [0.717, 1.165) is 6.42 Å². The first kappa shape index (κ1) is 13.7. The van der Waals surface area contributed by atoms with Gasteiger partial charge in [0.25, 0.3) is 5.91 Å². The molecule has 6 heteroatoms. The van der Waals surface area contributed by atoms with Crippen LogP contribution in [0, 0.1) is 0 Å². The van der Waals surface area contributed by atoms with Gasteiger partial charge in [-0.15, -0.1) is 0 Å². The van der Waals surface area contributed by atoms with E-state index in [2.05, 4.69) is 10.3 Å². The average Bonchev–Trinajstić information content (AvgIpc) is 2.77. The third kappa shape index (κ3) is 4.16. The van der Waals surface area contributed by atoms with Gasteiger partial charge in [-0.2, -0.15) is 0 Å². The van der Waals surface area contributed by atoms with Crippen molar-refractivity contribution in [2.45, 2.75) is 32.4 Å². The van der Waals surface area contributed by atoms with Gasteiger partial charge in [-0.05, 0) is 12.8 Å². The highest BCUT2D eigenvalue weighted by molar-refractivity contribution is 5.92. The van der Waals surface area contributed by atoms with Crippen LogP contribution in [0.1, 0.15) is 30.3 Å². The fraction of sp³-hybridized carbons (Fsp3) is 0.636. The first-order valence-corrected chi connectivity index (χ1v) is 5.84. The number of aliphatic hydroxyl groups excluding tert-OH is 1. The van der Waals surface area contributed by atoms with Gasteiger partial charge in [0.2, 0.25) is 0 Å². The highest BCUT2D eigenvalue weighted by atomic mass is 16.3. The molecule has 1 atom stereocenters. The molecule has 0 aliphatic carbocycles. The van der Waals surface area contributed by atoms with Crippen LogP contribution >= 0.6 is 0 Å². The van der Waals surface area contributed by atoms with Gasteiger partial charge in [-0.1, -0.05) is 6.92 Å². The second-order valence-electron chi connectivity index (χ2n) is 3.88. The lowest BCUT2D eigenvalue weighted by Gasteiger charge is -2.14. The summed E-state index contributed by atoms with van der Waals surface area (Å²) in [4.78, 5) is 15.8. The van der Waals surface area contributed by atoms with Gasteiger partial charge < -0.3 is 20.7 Å². The minimum Gasteiger partial charge on any atom is -0.396 e. The van der Waals surface area contributed by atoms with Crippen LogP contribution in [0.15, 0.2) is 12.5 Å². The van der Waals surface area contributed by atoms with Crippen LogP contribution in [0.5, 0.6) is 0 Å². The Bertz CT molecular complexity index is 351. The summed E-state index contributed by atoms with van der Waals surface area (Å²) in [6, 6.07) is -0.00726. The molecule has 0 radical (unpaired) electrons. The molecule has 0 fully saturated rings. The number of carbonyl (C=O) groups excluding carboxylic acids is 1. The van der Waals surface area contributed by atoms with E-state index in [0.29, 0.717) is 25.2 Å². The highest BCUT2D eigenvalue weighted by Gasteiger charge is 2.13. The van der Waals surface area contributed by atoms with E-state index in [9.17, 15) is 4.79 Å². The molecule has 0 saturated heterocycles. The molecule has 0 bridgehead atoms. The lowest BCUT2D eigenvalue weighted by atomic mass is 10.1. The summed E-state index contributed by atoms with van der Waals surface area (Å²) in [5.41, 5.74) is 5.79. The SMILES string of the molecule is CCC(CCO)NC(=O)c1cn(CCN)cn1. The normalized spacial score (nSPS) is 12.4. The van der Waals surface area contributed by atoms with Gasteiger partial charge in [-0.25, -0.2) is 4.98 Å². The maximum Gasteiger partial charge on any atom is 0.271 e. The van der Waals surface area contributed by atoms with Crippen LogP contribution in [0.3, 0.4) is 0 Å². The number of aliphatic hydroxyl groups is 1. The zero-order valence-corrected chi connectivity index (χ0v) is 10.1. The van der Waals surface area contributed by atoms with Crippen molar-refractivity contribution in [1.82, 2.24) is 14.9 Å². The fourth-order valence-corrected chi connectivity index (χ4v) is 1.54. The van der Waals surface area contributed by atoms with Crippen molar-refractivity contribution in [3.8, 4) is 0 Å². The van der Waals surface area contributed by atoms with E-state index < -0.39 is 0 Å². The molecule has 1 heterocycles. The predicted octanol–water partition coefficient (Wildman–Crippen LogP) is -0.267. The molecule has 4 N–H and O–H groups in total. The first-order chi connectivity index (χ1) is 8.21. The van der Waals surface area contributed by atoms with Crippen LogP contribution in [0.2, 0.25) is 0 Å². The molecular weight excluding hydrogens is 220 g/mol. The molecule has 0 aliphatic heterocycles. The molecule has 0 aliphatic rings. The quantitative estimate of drug-likeness (QED) is 0.611. The third-order valence-corrected chi connectivity index (χ3v) is 2.56. The molecule has 96 valence electrons. The molecule has 1 amide bonds. The molecule has 1 unspecified atom stereocenters. The first-order valence-electron chi connectivity index (χ1n) is 5.84. The molecule has 1 aromatic rings. The highest BCUT2D eigenvalue weighted by Crippen LogP contribution is 2.01. The summed E-state index contributed by atoms with van der Waals surface area (Å²) in [5, 5.41) is 11.7. The minimum absolute atomic E-state index is 0.00726. The summed E-state index contributed by atoms with van der Waals surface area (Å²) in [6.45, 7) is 3.20. The van der Waals surface area contributed by atoms with Crippen molar-refractivity contribution >= 4 is 5.91 Å². The van der Waals surface area contributed by atoms with E-state index in [4.69, 9.17) is 10.8 Å². The number of imidazole rings is 1. The molecule has 1 rings (SSSR count). The average molecular weight is 240 g/mol. The summed E-state index contributed by atoms with van der Waals surface area (Å²) >= 11 is 0. The number of aromatic nitrogens is 2. The second-order valence-corrected chi connectivity index (χ2v) is 3.88. The Hall–Kier alpha value is -1.40. The molecule has 6 nitrogen and oxygen atoms in total. The van der Waals surface area contributed by atoms with Crippen molar-refractivity contribution in [3.05, 3.63) is 18.2 Å². The van der Waals surface area contributed by atoms with Crippen LogP contribution in [0.4, 0.5) is 0 Å². The Kier molecular flexibility index (Phi) is 5.65. The maximum atomic E-state index is 11.8. The van der Waals surface area contributed by atoms with E-state index >= 15 is 0 Å². The zero-order valence-electron chi connectivity index (χ0n) is 10.1. The maximum absolute atomic E-state index is 11.8. The minimum atomic E-state index is -0.207. The predicted molar refractivity (Wildman–Crippen MR) is 64.5 cm³/mol. The second kappa shape index (κ2) is 7.03. The van der Waals surface area contributed by atoms with Crippen LogP contribution in [0.25, 0.3) is 0 Å². The Labute approximate surface area is 101 Å². The van der Waals surface area contributed by atoms with Crippen LogP contribution < -0.4 is 11.1 Å². The number of rotatable bonds is 7. The Balaban J connectivity index is 2.55. The fourth-order valence-electron chi connectivity index (χ4n) is 1.54. The van der Waals surface area contributed by atoms with E-state index in [1.54, 1.807) is 17.1 Å². The van der Waals surface area contributed by atoms with Gasteiger partial charge in [-0.3, -0.25) is 4.79 Å². The van der Waals surface area contributed by atoms with E-state index in [-0.39, 0.29) is 18.6 Å². The smallest absolute Gasteiger partial charge is 0.271 e. The van der Waals surface area contributed by atoms with E-state index in [1.807, 2.05) is 6.92 Å². The van der Waals surface area contributed by atoms with E-state index in [1.165, 1.54) is 0 Å². The van der Waals surface area contributed by atoms with Gasteiger partial charge >= 0.3 is 0 Å². The number of carbonyl (C=O) groups is 1. The lowest BCUT2D eigenvalue weighted by Crippen LogP contribution is -2.35. The zero-order chi connectivity index (χ0) is 12.7. The van der Waals surface area contributed by atoms with Crippen LogP contribution in [-0.2, 0) is 6.54 Å². The third-order valence-electron chi connectivity index (χ3n) is 2.56. The van der Waals surface area contributed by atoms with Crippen LogP contribution in [-0.4, -0.2) is 39.8 Å². The van der Waals surface area contributed by atoms with Crippen molar-refractivity contribution in [2.24, 2.45) is 5.73 Å². The molecular formula is C11H20N4O2. The summed E-state index contributed by atoms with van der Waals surface area (Å²) in [5.74, 6) is -0.207. The monoisotopic (exact) mass is 240 g/mol.